The predicted octanol–water partition coefficient (Wildman–Crippen LogP) is 1.42. The van der Waals surface area contributed by atoms with Crippen LogP contribution >= 0.6 is 0 Å². The number of likely N-dealkylation sites (N-methyl/N-ethyl adjacent to an activating group) is 1. The molecule has 0 radical (unpaired) electrons. The minimum Gasteiger partial charge on any atom is -0.389 e. The van der Waals surface area contributed by atoms with E-state index in [-0.39, 0.29) is 5.95 Å². The molecule has 0 unspecified atom stereocenters. The van der Waals surface area contributed by atoms with Gasteiger partial charge in [0, 0.05) is 19.0 Å². The number of aromatic nitrogens is 2. The van der Waals surface area contributed by atoms with Crippen LogP contribution in [0.4, 0.5) is 11.8 Å². The Bertz CT molecular complexity index is 562. The Balaban J connectivity index is 2.49. The molecule has 2 rings (SSSR count). The monoisotopic (exact) mass is 246 g/mol. The van der Waals surface area contributed by atoms with E-state index in [0.29, 0.717) is 6.54 Å². The van der Waals surface area contributed by atoms with Crippen LogP contribution in [0.5, 0.6) is 0 Å². The highest BCUT2D eigenvalue weighted by Crippen LogP contribution is 2.24. The third-order valence-electron chi connectivity index (χ3n) is 2.59. The first kappa shape index (κ1) is 12.6. The van der Waals surface area contributed by atoms with E-state index >= 15 is 0 Å². The van der Waals surface area contributed by atoms with Gasteiger partial charge in [-0.15, -0.1) is 0 Å². The van der Waals surface area contributed by atoms with Crippen LogP contribution in [0.15, 0.2) is 24.3 Å². The summed E-state index contributed by atoms with van der Waals surface area (Å²) >= 11 is 0. The molecular weight excluding hydrogens is 228 g/mol. The minimum absolute atomic E-state index is 0.242. The van der Waals surface area contributed by atoms with Gasteiger partial charge in [-0.2, -0.15) is 4.98 Å². The number of para-hydroxylation sites is 1. The Kier molecular flexibility index (Phi) is 3.09. The molecule has 0 saturated carbocycles. The number of nitrogens with zero attached hydrogens (tertiary/aromatic N) is 3. The number of nitrogens with two attached hydrogens (primary N) is 1. The topological polar surface area (TPSA) is 75.3 Å². The van der Waals surface area contributed by atoms with Crippen molar-refractivity contribution in [3.8, 4) is 0 Å². The fourth-order valence-electron chi connectivity index (χ4n) is 2.02. The lowest BCUT2D eigenvalue weighted by atomic mass is 10.1. The fourth-order valence-corrected chi connectivity index (χ4v) is 2.02. The molecular formula is C13H18N4O. The Hall–Kier alpha value is -1.88. The first-order valence-corrected chi connectivity index (χ1v) is 5.82. The van der Waals surface area contributed by atoms with Gasteiger partial charge in [-0.3, -0.25) is 0 Å². The van der Waals surface area contributed by atoms with E-state index in [2.05, 4.69) is 9.97 Å². The van der Waals surface area contributed by atoms with E-state index in [9.17, 15) is 5.11 Å². The van der Waals surface area contributed by atoms with E-state index < -0.39 is 5.60 Å². The number of fused-ring (bicyclic) bond motifs is 1. The van der Waals surface area contributed by atoms with Crippen LogP contribution < -0.4 is 10.6 Å². The third-order valence-corrected chi connectivity index (χ3v) is 2.59. The summed E-state index contributed by atoms with van der Waals surface area (Å²) in [6, 6.07) is 7.69. The van der Waals surface area contributed by atoms with E-state index in [1.807, 2.05) is 36.2 Å². The number of nitrogen functional groups attached to an aromatic ring is 1. The first-order valence-electron chi connectivity index (χ1n) is 5.82. The highest BCUT2D eigenvalue weighted by Gasteiger charge is 2.18. The molecule has 5 nitrogen and oxygen atoms in total. The smallest absolute Gasteiger partial charge is 0.222 e. The molecule has 0 spiro atoms. The number of benzene rings is 1. The maximum Gasteiger partial charge on any atom is 0.222 e. The Labute approximate surface area is 106 Å². The average molecular weight is 246 g/mol. The number of rotatable bonds is 3. The van der Waals surface area contributed by atoms with E-state index in [1.165, 1.54) is 0 Å². The largest absolute Gasteiger partial charge is 0.389 e. The number of hydrogen-bond donors (Lipinski definition) is 2. The van der Waals surface area contributed by atoms with Crippen LogP contribution in [0.25, 0.3) is 10.9 Å². The van der Waals surface area contributed by atoms with Crippen LogP contribution in [-0.4, -0.2) is 34.3 Å². The zero-order chi connectivity index (χ0) is 13.3. The second kappa shape index (κ2) is 4.42. The SMILES string of the molecule is CN(CC(C)(C)O)c1nc(N)nc2ccccc12. The molecule has 0 aliphatic heterocycles. The van der Waals surface area contributed by atoms with Crippen molar-refractivity contribution in [2.24, 2.45) is 0 Å². The molecule has 1 heterocycles. The lowest BCUT2D eigenvalue weighted by Crippen LogP contribution is -2.36. The summed E-state index contributed by atoms with van der Waals surface area (Å²) in [4.78, 5) is 10.3. The van der Waals surface area contributed by atoms with Gasteiger partial charge in [0.25, 0.3) is 0 Å². The second-order valence-electron chi connectivity index (χ2n) is 5.09. The Morgan fingerprint density at radius 2 is 1.94 bits per heavy atom. The fraction of sp³-hybridized carbons (Fsp3) is 0.385. The average Bonchev–Trinajstić information content (AvgIpc) is 2.25. The van der Waals surface area contributed by atoms with Crippen molar-refractivity contribution in [2.45, 2.75) is 19.4 Å². The Morgan fingerprint density at radius 1 is 1.28 bits per heavy atom. The normalized spacial score (nSPS) is 11.8. The number of aliphatic hydroxyl groups is 1. The molecule has 0 bridgehead atoms. The van der Waals surface area contributed by atoms with Gasteiger partial charge in [0.15, 0.2) is 0 Å². The van der Waals surface area contributed by atoms with Crippen LogP contribution in [0.1, 0.15) is 13.8 Å². The maximum atomic E-state index is 9.87. The van der Waals surface area contributed by atoms with Gasteiger partial charge in [-0.25, -0.2) is 4.98 Å². The van der Waals surface area contributed by atoms with Gasteiger partial charge in [-0.1, -0.05) is 12.1 Å². The molecule has 18 heavy (non-hydrogen) atoms. The summed E-state index contributed by atoms with van der Waals surface area (Å²) in [5, 5.41) is 10.8. The van der Waals surface area contributed by atoms with Gasteiger partial charge < -0.3 is 15.7 Å². The highest BCUT2D eigenvalue weighted by molar-refractivity contribution is 5.90. The molecule has 0 atom stereocenters. The third kappa shape index (κ3) is 2.68. The lowest BCUT2D eigenvalue weighted by Gasteiger charge is -2.27. The van der Waals surface area contributed by atoms with E-state index in [0.717, 1.165) is 16.7 Å². The molecule has 0 aliphatic carbocycles. The van der Waals surface area contributed by atoms with Gasteiger partial charge in [0.1, 0.15) is 5.82 Å². The van der Waals surface area contributed by atoms with E-state index in [1.54, 1.807) is 13.8 Å². The Morgan fingerprint density at radius 3 is 2.61 bits per heavy atom. The van der Waals surface area contributed by atoms with Gasteiger partial charge in [-0.05, 0) is 26.0 Å². The summed E-state index contributed by atoms with van der Waals surface area (Å²) in [7, 11) is 1.88. The lowest BCUT2D eigenvalue weighted by molar-refractivity contribution is 0.0885. The van der Waals surface area contributed by atoms with Crippen molar-refractivity contribution >= 4 is 22.7 Å². The van der Waals surface area contributed by atoms with Crippen molar-refractivity contribution in [3.05, 3.63) is 24.3 Å². The van der Waals surface area contributed by atoms with Gasteiger partial charge in [0.05, 0.1) is 11.1 Å². The summed E-state index contributed by atoms with van der Waals surface area (Å²) in [6.07, 6.45) is 0. The predicted molar refractivity (Wildman–Crippen MR) is 73.5 cm³/mol. The standard InChI is InChI=1S/C13H18N4O/c1-13(2,18)8-17(3)11-9-6-4-5-7-10(9)15-12(14)16-11/h4-7,18H,8H2,1-3H3,(H2,14,15,16). The quantitative estimate of drug-likeness (QED) is 0.856. The zero-order valence-corrected chi connectivity index (χ0v) is 10.9. The highest BCUT2D eigenvalue weighted by atomic mass is 16.3. The van der Waals surface area contributed by atoms with Crippen molar-refractivity contribution in [2.75, 3.05) is 24.2 Å². The van der Waals surface area contributed by atoms with Gasteiger partial charge >= 0.3 is 0 Å². The molecule has 3 N–H and O–H groups in total. The van der Waals surface area contributed by atoms with Crippen LogP contribution in [-0.2, 0) is 0 Å². The van der Waals surface area contributed by atoms with Crippen molar-refractivity contribution in [1.82, 2.24) is 9.97 Å². The molecule has 1 aromatic carbocycles. The summed E-state index contributed by atoms with van der Waals surface area (Å²) < 4.78 is 0. The molecule has 96 valence electrons. The zero-order valence-electron chi connectivity index (χ0n) is 10.9. The van der Waals surface area contributed by atoms with Crippen molar-refractivity contribution < 1.29 is 5.11 Å². The first-order chi connectivity index (χ1) is 8.37. The molecule has 0 aliphatic rings. The van der Waals surface area contributed by atoms with E-state index in [4.69, 9.17) is 5.73 Å². The molecule has 0 fully saturated rings. The van der Waals surface area contributed by atoms with Crippen LogP contribution in [0.3, 0.4) is 0 Å². The summed E-state index contributed by atoms with van der Waals surface area (Å²) in [5.74, 6) is 0.978. The maximum absolute atomic E-state index is 9.87. The van der Waals surface area contributed by atoms with Crippen molar-refractivity contribution in [1.29, 1.82) is 0 Å². The molecule has 5 heteroatoms. The number of anilines is 2. The molecule has 0 saturated heterocycles. The summed E-state index contributed by atoms with van der Waals surface area (Å²) in [6.45, 7) is 3.99. The second-order valence-corrected chi connectivity index (χ2v) is 5.09. The minimum atomic E-state index is -0.796. The summed E-state index contributed by atoms with van der Waals surface area (Å²) in [5.41, 5.74) is 5.73. The van der Waals surface area contributed by atoms with Crippen LogP contribution in [0, 0.1) is 0 Å². The number of hydrogen-bond acceptors (Lipinski definition) is 5. The van der Waals surface area contributed by atoms with Gasteiger partial charge in [0.2, 0.25) is 5.95 Å². The molecule has 1 aromatic heterocycles. The molecule has 0 amide bonds. The van der Waals surface area contributed by atoms with Crippen molar-refractivity contribution in [3.63, 3.8) is 0 Å². The molecule has 2 aromatic rings. The van der Waals surface area contributed by atoms with Crippen LogP contribution in [0.2, 0.25) is 0 Å².